The van der Waals surface area contributed by atoms with E-state index in [1.807, 2.05) is 24.3 Å². The molecule has 9 amide bonds. The molecule has 31 heteroatoms. The van der Waals surface area contributed by atoms with Gasteiger partial charge >= 0.3 is 5.97 Å². The van der Waals surface area contributed by atoms with Crippen molar-refractivity contribution in [1.82, 2.24) is 57.8 Å². The van der Waals surface area contributed by atoms with Crippen LogP contribution in [0.5, 0.6) is 0 Å². The number of hydrogen-bond donors (Lipinski definition) is 18. The van der Waals surface area contributed by atoms with Gasteiger partial charge in [0.2, 0.25) is 53.2 Å². The van der Waals surface area contributed by atoms with E-state index < -0.39 is 138 Å². The number of carboxylic acid groups (broad SMARTS) is 1. The lowest BCUT2D eigenvalue weighted by atomic mass is 9.84. The number of fused-ring (bicyclic) bond motifs is 1. The van der Waals surface area contributed by atoms with Crippen LogP contribution >= 0.6 is 0 Å². The second kappa shape index (κ2) is 37.1. The summed E-state index contributed by atoms with van der Waals surface area (Å²) >= 11 is 0. The molecule has 12 atom stereocenters. The van der Waals surface area contributed by atoms with E-state index in [0.29, 0.717) is 24.1 Å². The molecule has 31 nitrogen and oxygen atoms in total. The van der Waals surface area contributed by atoms with Gasteiger partial charge in [-0.3, -0.25) is 53.1 Å². The number of nitrogens with two attached hydrogens (primary N) is 5. The minimum absolute atomic E-state index is 0.0387. The summed E-state index contributed by atoms with van der Waals surface area (Å²) in [6, 6.07) is -0.0204. The van der Waals surface area contributed by atoms with E-state index in [0.717, 1.165) is 56.7 Å². The van der Waals surface area contributed by atoms with Crippen molar-refractivity contribution in [2.24, 2.45) is 50.5 Å². The number of carboxylic acids is 1. The van der Waals surface area contributed by atoms with Gasteiger partial charge in [0.05, 0.1) is 31.1 Å². The predicted molar refractivity (Wildman–Crippen MR) is 334 cm³/mol. The Morgan fingerprint density at radius 3 is 1.77 bits per heavy atom. The van der Waals surface area contributed by atoms with E-state index in [9.17, 15) is 63.3 Å². The third kappa shape index (κ3) is 24.5. The number of amides is 9. The van der Waals surface area contributed by atoms with Crippen LogP contribution in [0.4, 0.5) is 0 Å². The lowest BCUT2D eigenvalue weighted by molar-refractivity contribution is -0.143. The zero-order valence-electron chi connectivity index (χ0n) is 51.7. The van der Waals surface area contributed by atoms with E-state index in [4.69, 9.17) is 28.7 Å². The summed E-state index contributed by atoms with van der Waals surface area (Å²) in [6.07, 6.45) is 4.79. The Labute approximate surface area is 522 Å². The molecule has 90 heavy (non-hydrogen) atoms. The Balaban J connectivity index is 1.50. The number of rotatable bonds is 37. The van der Waals surface area contributed by atoms with Gasteiger partial charge in [-0.25, -0.2) is 9.78 Å². The Hall–Kier alpha value is -8.97. The number of aliphatic hydroxyl groups is 2. The fraction of sp³-hybridized carbons (Fsp3) is 0.576. The molecule has 1 aliphatic carbocycles. The highest BCUT2D eigenvalue weighted by molar-refractivity contribution is 5.99. The minimum Gasteiger partial charge on any atom is -0.480 e. The van der Waals surface area contributed by atoms with Crippen molar-refractivity contribution in [3.05, 3.63) is 66.2 Å². The van der Waals surface area contributed by atoms with Crippen LogP contribution in [0, 0.1) is 11.8 Å². The largest absolute Gasteiger partial charge is 0.480 e. The summed E-state index contributed by atoms with van der Waals surface area (Å²) in [5.41, 5.74) is 28.8. The molecule has 1 aromatic heterocycles. The first kappa shape index (κ1) is 73.5. The summed E-state index contributed by atoms with van der Waals surface area (Å²) in [5.74, 6) is -10.1. The van der Waals surface area contributed by atoms with Gasteiger partial charge in [0.15, 0.2) is 11.9 Å². The number of benzene rings is 2. The Bertz CT molecular complexity index is 2940. The highest BCUT2D eigenvalue weighted by atomic mass is 16.4. The number of aromatic nitrogens is 2. The van der Waals surface area contributed by atoms with Crippen molar-refractivity contribution in [2.75, 3.05) is 19.6 Å². The fourth-order valence-corrected chi connectivity index (χ4v) is 10.1. The molecule has 1 unspecified atom stereocenters. The minimum atomic E-state index is -1.86. The molecule has 3 aromatic rings. The summed E-state index contributed by atoms with van der Waals surface area (Å²) in [7, 11) is 0. The molecule has 496 valence electrons. The van der Waals surface area contributed by atoms with Crippen molar-refractivity contribution < 1.29 is 63.3 Å². The Kier molecular flexibility index (Phi) is 30.3. The van der Waals surface area contributed by atoms with Crippen LogP contribution in [0.3, 0.4) is 0 Å². The number of carbonyl (C=O) groups excluding carboxylic acids is 9. The topological polar surface area (TPSA) is 523 Å². The van der Waals surface area contributed by atoms with E-state index in [2.05, 4.69) is 67.8 Å². The van der Waals surface area contributed by atoms with Gasteiger partial charge in [-0.15, -0.1) is 0 Å². The third-order valence-electron chi connectivity index (χ3n) is 15.5. The van der Waals surface area contributed by atoms with E-state index in [-0.39, 0.29) is 69.5 Å². The first-order chi connectivity index (χ1) is 42.7. The maximum atomic E-state index is 14.6. The molecule has 1 aliphatic rings. The van der Waals surface area contributed by atoms with Gasteiger partial charge in [-0.05, 0) is 81.0 Å². The molecule has 4 rings (SSSR count). The van der Waals surface area contributed by atoms with Gasteiger partial charge in [0.1, 0.15) is 48.3 Å². The fourth-order valence-electron chi connectivity index (χ4n) is 10.1. The number of nitrogens with one attached hydrogen (secondary N) is 10. The summed E-state index contributed by atoms with van der Waals surface area (Å²) in [4.78, 5) is 152. The van der Waals surface area contributed by atoms with E-state index in [1.165, 1.54) is 19.4 Å². The number of nitrogens with zero attached hydrogens (tertiary/aromatic N) is 3. The molecule has 1 fully saturated rings. The average molecular weight is 1260 g/mol. The number of guanidine groups is 2. The highest BCUT2D eigenvalue weighted by Crippen LogP contribution is 2.28. The normalized spacial score (nSPS) is 16.4. The van der Waals surface area contributed by atoms with Gasteiger partial charge in [-0.1, -0.05) is 94.8 Å². The number of aliphatic imine (C=N–C) groups is 2. The van der Waals surface area contributed by atoms with Gasteiger partial charge in [0, 0.05) is 37.8 Å². The number of hydrogen-bond acceptors (Lipinski definition) is 16. The van der Waals surface area contributed by atoms with Crippen molar-refractivity contribution >= 4 is 81.8 Å². The van der Waals surface area contributed by atoms with E-state index in [1.54, 1.807) is 32.0 Å². The van der Waals surface area contributed by atoms with Crippen molar-refractivity contribution in [2.45, 2.75) is 185 Å². The van der Waals surface area contributed by atoms with Crippen molar-refractivity contribution in [1.29, 1.82) is 0 Å². The second-order valence-corrected chi connectivity index (χ2v) is 22.8. The Morgan fingerprint density at radius 2 is 1.16 bits per heavy atom. The number of carbonyl (C=O) groups is 10. The van der Waals surface area contributed by atoms with Crippen LogP contribution in [0.1, 0.15) is 117 Å². The highest BCUT2D eigenvalue weighted by Gasteiger charge is 2.37. The lowest BCUT2D eigenvalue weighted by Crippen LogP contribution is -2.63. The number of aliphatic hydroxyl groups excluding tert-OH is 2. The van der Waals surface area contributed by atoms with Crippen LogP contribution in [-0.4, -0.2) is 183 Å². The first-order valence-electron chi connectivity index (χ1n) is 30.3. The molecule has 1 heterocycles. The standard InChI is InChI=1S/C59H92N18O13/c1-6-31(2)46(55(87)74-44(57(89)90)25-35-15-8-7-9-16-35)75-51(83)41(22-14-24-67-59(63)64)71-45(80)29-68-54(86)47(33(4)78)77-56(88)48(34(5)79)76-53(85)43(27-38-28-65-30-69-38)73-52(84)42(26-37-19-12-18-36-17-10-11-20-39(36)37)72-49(81)32(3)70-50(82)40(60)21-13-23-66-58(61)62/h10-12,17-20,28,30-35,40-44,46-48,78-79H,6-9,13-16,21-27,29,60H2,1-5H3,(H,65,69)(H,68,86)(H,70,82)(H,71,80)(H,72,81)(H,73,84)(H,74,87)(H,75,83)(H,76,85)(H,77,88)(H,89,90)(H4,61,62,66)(H4,63,64,67)/t31?,32-,33+,34+,40-,41+,42-,43-,44-,46-,47-,48-/m0/s1. The van der Waals surface area contributed by atoms with Crippen LogP contribution in [0.15, 0.2) is 65.0 Å². The summed E-state index contributed by atoms with van der Waals surface area (Å²) in [6.45, 7) is 6.58. The van der Waals surface area contributed by atoms with Crippen LogP contribution in [-0.2, 0) is 60.8 Å². The van der Waals surface area contributed by atoms with Crippen LogP contribution in [0.25, 0.3) is 10.8 Å². The third-order valence-corrected chi connectivity index (χ3v) is 15.5. The molecule has 0 aliphatic heterocycles. The molecule has 0 bridgehead atoms. The maximum absolute atomic E-state index is 14.6. The number of imidazole rings is 1. The van der Waals surface area contributed by atoms with Gasteiger partial charge < -0.3 is 96.8 Å². The molecular formula is C59H92N18O13. The first-order valence-corrected chi connectivity index (χ1v) is 30.3. The summed E-state index contributed by atoms with van der Waals surface area (Å²) in [5, 5.41) is 56.1. The lowest BCUT2D eigenvalue weighted by Gasteiger charge is -2.29. The van der Waals surface area contributed by atoms with Gasteiger partial charge in [0.25, 0.3) is 0 Å². The summed E-state index contributed by atoms with van der Waals surface area (Å²) < 4.78 is 0. The Morgan fingerprint density at radius 1 is 0.611 bits per heavy atom. The second-order valence-electron chi connectivity index (χ2n) is 22.8. The molecule has 0 spiro atoms. The van der Waals surface area contributed by atoms with E-state index >= 15 is 0 Å². The maximum Gasteiger partial charge on any atom is 0.326 e. The average Bonchev–Trinajstić information content (AvgIpc) is 1.04. The van der Waals surface area contributed by atoms with Crippen LogP contribution in [0.2, 0.25) is 0 Å². The molecule has 23 N–H and O–H groups in total. The van der Waals surface area contributed by atoms with Crippen molar-refractivity contribution in [3.8, 4) is 0 Å². The number of aliphatic carboxylic acids is 1. The SMILES string of the molecule is CCC(C)[C@H](NC(=O)[C@@H](CCCN=C(N)N)NC(=O)CNC(=O)[C@@H](NC(=O)[C@@H](NC(=O)[C@H](Cc1cnc[nH]1)NC(=O)[C@H](Cc1cccc2ccccc12)NC(=O)[C@H](C)NC(=O)[C@@H](N)CCCN=C(N)N)[C@@H](C)O)[C@@H](C)O)C(=O)N[C@@H](CC1CCCCC1)C(=O)O. The number of H-pyrrole nitrogens is 1. The smallest absolute Gasteiger partial charge is 0.326 e. The zero-order chi connectivity index (χ0) is 66.6. The van der Waals surface area contributed by atoms with Crippen LogP contribution < -0.4 is 76.5 Å². The molecule has 0 radical (unpaired) electrons. The zero-order valence-corrected chi connectivity index (χ0v) is 51.7. The molecule has 1 saturated carbocycles. The quantitative estimate of drug-likeness (QED) is 0.0152. The number of aromatic amines is 1. The van der Waals surface area contributed by atoms with Crippen molar-refractivity contribution in [3.63, 3.8) is 0 Å². The monoisotopic (exact) mass is 1260 g/mol. The molecule has 0 saturated heterocycles. The molecular weight excluding hydrogens is 1170 g/mol. The molecule has 2 aromatic carbocycles. The predicted octanol–water partition coefficient (Wildman–Crippen LogP) is -3.34. The van der Waals surface area contributed by atoms with Gasteiger partial charge in [-0.2, -0.15) is 0 Å².